The SMILES string of the molecule is NC(CC(=O)N1CCn2c(C(F)(F)F)nc(C(=O)OCCOCCOCCn3cc(CNC[C@H](O)[C@@H](O)[C@H](O)[C@H](O)CO)nn3)c2C1)Cc1cc(F)c(F)cc1F. The summed E-state index contributed by atoms with van der Waals surface area (Å²) in [5.74, 6) is -6.91. The van der Waals surface area contributed by atoms with Crippen LogP contribution in [0.2, 0.25) is 0 Å². The number of benzene rings is 1. The second-order valence-electron chi connectivity index (χ2n) is 13.0. The number of carbonyl (C=O) groups excluding carboxylic acids is 2. The van der Waals surface area contributed by atoms with Crippen molar-refractivity contribution in [3.63, 3.8) is 0 Å². The van der Waals surface area contributed by atoms with E-state index in [1.54, 1.807) is 6.20 Å². The maximum absolute atomic E-state index is 14.1. The van der Waals surface area contributed by atoms with Crippen molar-refractivity contribution in [3.05, 3.63) is 64.3 Å². The highest BCUT2D eigenvalue weighted by Gasteiger charge is 2.42. The molecule has 1 aromatic carbocycles. The Morgan fingerprint density at radius 2 is 1.60 bits per heavy atom. The molecule has 1 amide bonds. The van der Waals surface area contributed by atoms with E-state index in [1.807, 2.05) is 0 Å². The Balaban J connectivity index is 1.15. The predicted octanol–water partition coefficient (Wildman–Crippen LogP) is -1.37. The van der Waals surface area contributed by atoms with Gasteiger partial charge in [0.15, 0.2) is 17.3 Å². The molecule has 24 heteroatoms. The lowest BCUT2D eigenvalue weighted by atomic mass is 10.0. The van der Waals surface area contributed by atoms with Crippen LogP contribution in [0, 0.1) is 17.5 Å². The van der Waals surface area contributed by atoms with Gasteiger partial charge < -0.3 is 60.3 Å². The molecule has 0 radical (unpaired) electrons. The maximum atomic E-state index is 14.1. The minimum Gasteiger partial charge on any atom is -0.458 e. The molecule has 18 nitrogen and oxygen atoms in total. The van der Waals surface area contributed by atoms with E-state index < -0.39 is 97.1 Å². The second kappa shape index (κ2) is 20.9. The number of nitrogens with zero attached hydrogens (tertiary/aromatic N) is 6. The van der Waals surface area contributed by atoms with Gasteiger partial charge >= 0.3 is 12.1 Å². The third kappa shape index (κ3) is 12.9. The van der Waals surface area contributed by atoms with Gasteiger partial charge in [0.25, 0.3) is 0 Å². The van der Waals surface area contributed by atoms with E-state index in [9.17, 15) is 56.4 Å². The van der Waals surface area contributed by atoms with Crippen LogP contribution >= 0.6 is 0 Å². The third-order valence-electron chi connectivity index (χ3n) is 8.68. The first kappa shape index (κ1) is 45.4. The molecule has 3 aromatic rings. The highest BCUT2D eigenvalue weighted by molar-refractivity contribution is 5.89. The van der Waals surface area contributed by atoms with Gasteiger partial charge in [-0.1, -0.05) is 5.21 Å². The Labute approximate surface area is 320 Å². The first-order valence-corrected chi connectivity index (χ1v) is 17.6. The van der Waals surface area contributed by atoms with Crippen molar-refractivity contribution in [2.75, 3.05) is 52.7 Å². The molecule has 0 aliphatic carbocycles. The van der Waals surface area contributed by atoms with Crippen LogP contribution in [0.5, 0.6) is 0 Å². The zero-order valence-corrected chi connectivity index (χ0v) is 30.3. The number of aliphatic hydroxyl groups is 5. The van der Waals surface area contributed by atoms with E-state index in [2.05, 4.69) is 20.6 Å². The van der Waals surface area contributed by atoms with Crippen molar-refractivity contribution in [1.82, 2.24) is 34.8 Å². The molecule has 1 aliphatic rings. The normalized spacial score (nSPS) is 15.9. The molecule has 0 saturated heterocycles. The van der Waals surface area contributed by atoms with Gasteiger partial charge in [-0.25, -0.2) is 27.6 Å². The first-order valence-electron chi connectivity index (χ1n) is 17.6. The number of ether oxygens (including phenoxy) is 3. The average Bonchev–Trinajstić information content (AvgIpc) is 3.79. The van der Waals surface area contributed by atoms with Crippen LogP contribution in [0.15, 0.2) is 18.3 Å². The number of nitrogens with one attached hydrogen (secondary N) is 1. The largest absolute Gasteiger partial charge is 0.458 e. The Hall–Kier alpha value is -4.27. The van der Waals surface area contributed by atoms with Crippen molar-refractivity contribution in [1.29, 1.82) is 0 Å². The number of amides is 1. The Bertz CT molecular complexity index is 1780. The van der Waals surface area contributed by atoms with Crippen molar-refractivity contribution < 1.29 is 75.7 Å². The summed E-state index contributed by atoms with van der Waals surface area (Å²) >= 11 is 0. The molecule has 1 unspecified atom stereocenters. The molecule has 4 rings (SSSR count). The second-order valence-corrected chi connectivity index (χ2v) is 13.0. The first-order chi connectivity index (χ1) is 27.0. The minimum absolute atomic E-state index is 0.0718. The highest BCUT2D eigenvalue weighted by Crippen LogP contribution is 2.33. The highest BCUT2D eigenvalue weighted by atomic mass is 19.4. The van der Waals surface area contributed by atoms with Crippen molar-refractivity contribution in [3.8, 4) is 0 Å². The van der Waals surface area contributed by atoms with Crippen LogP contribution in [0.4, 0.5) is 26.3 Å². The van der Waals surface area contributed by atoms with Gasteiger partial charge in [0, 0.05) is 50.9 Å². The molecule has 0 spiro atoms. The van der Waals surface area contributed by atoms with Gasteiger partial charge in [0.1, 0.15) is 30.7 Å². The summed E-state index contributed by atoms with van der Waals surface area (Å²) in [4.78, 5) is 30.5. The zero-order chi connectivity index (χ0) is 41.9. The summed E-state index contributed by atoms with van der Waals surface area (Å²) in [5.41, 5.74) is 5.32. The van der Waals surface area contributed by atoms with Gasteiger partial charge in [-0.05, 0) is 18.1 Å². The van der Waals surface area contributed by atoms with E-state index in [0.717, 1.165) is 9.47 Å². The molecule has 0 bridgehead atoms. The molecule has 318 valence electrons. The quantitative estimate of drug-likeness (QED) is 0.0267. The number of aromatic nitrogens is 5. The minimum atomic E-state index is -4.93. The van der Waals surface area contributed by atoms with Gasteiger partial charge in [-0.3, -0.25) is 4.79 Å². The Morgan fingerprint density at radius 1 is 0.930 bits per heavy atom. The molecule has 0 saturated carbocycles. The summed E-state index contributed by atoms with van der Waals surface area (Å²) in [6, 6.07) is -0.0645. The van der Waals surface area contributed by atoms with E-state index in [1.165, 1.54) is 4.68 Å². The van der Waals surface area contributed by atoms with E-state index in [-0.39, 0.29) is 76.9 Å². The standard InChI is InChI=1S/C33H44F6N8O10/c34-21-12-23(36)22(35)10-18(21)9-19(40)11-27(51)45-1-2-47-24(16-45)28(42-32(47)33(37,38)39)31(54)57-8-7-56-6-5-55-4-3-46-15-20(43-44-46)13-41-14-25(49)29(52)30(53)26(50)17-48/h10,12,15,19,25-26,29-30,41,48-50,52-53H,1-9,11,13-14,16-17,40H2/t19?,25-,26+,29+,30+/m0/s1. The Morgan fingerprint density at radius 3 is 2.30 bits per heavy atom. The molecule has 0 fully saturated rings. The molecular weight excluding hydrogens is 782 g/mol. The number of hydrogen-bond acceptors (Lipinski definition) is 15. The van der Waals surface area contributed by atoms with Crippen molar-refractivity contribution in [2.45, 2.75) is 75.7 Å². The van der Waals surface area contributed by atoms with Gasteiger partial charge in [0.2, 0.25) is 11.7 Å². The number of rotatable bonds is 22. The van der Waals surface area contributed by atoms with Crippen molar-refractivity contribution >= 4 is 11.9 Å². The van der Waals surface area contributed by atoms with Gasteiger partial charge in [-0.15, -0.1) is 5.10 Å². The van der Waals surface area contributed by atoms with Crippen LogP contribution in [-0.4, -0.2) is 150 Å². The lowest BCUT2D eigenvalue weighted by Gasteiger charge is -2.30. The fourth-order valence-corrected chi connectivity index (χ4v) is 5.69. The maximum Gasteiger partial charge on any atom is 0.449 e. The molecule has 5 atom stereocenters. The molecule has 8 N–H and O–H groups in total. The molecule has 3 heterocycles. The number of halogens is 6. The smallest absolute Gasteiger partial charge is 0.449 e. The summed E-state index contributed by atoms with van der Waals surface area (Å²) in [7, 11) is 0. The summed E-state index contributed by atoms with van der Waals surface area (Å²) in [6.07, 6.45) is -10.6. The van der Waals surface area contributed by atoms with E-state index >= 15 is 0 Å². The monoisotopic (exact) mass is 826 g/mol. The molecule has 2 aromatic heterocycles. The van der Waals surface area contributed by atoms with Crippen LogP contribution in [0.3, 0.4) is 0 Å². The fraction of sp³-hybridized carbons (Fsp3) is 0.606. The van der Waals surface area contributed by atoms with Crippen LogP contribution < -0.4 is 11.1 Å². The van der Waals surface area contributed by atoms with Gasteiger partial charge in [0.05, 0.1) is 63.6 Å². The van der Waals surface area contributed by atoms with Crippen LogP contribution in [0.1, 0.15) is 39.7 Å². The van der Waals surface area contributed by atoms with Gasteiger partial charge in [-0.2, -0.15) is 13.2 Å². The lowest BCUT2D eigenvalue weighted by Crippen LogP contribution is -2.48. The van der Waals surface area contributed by atoms with E-state index in [4.69, 9.17) is 25.1 Å². The topological polar surface area (TPSA) is 253 Å². The third-order valence-corrected chi connectivity index (χ3v) is 8.68. The molecular formula is C33H44F6N8O10. The lowest BCUT2D eigenvalue weighted by molar-refractivity contribution is -0.148. The van der Waals surface area contributed by atoms with E-state index in [0.29, 0.717) is 24.4 Å². The number of esters is 1. The average molecular weight is 827 g/mol. The Kier molecular flexibility index (Phi) is 16.7. The number of nitrogens with two attached hydrogens (primary N) is 1. The van der Waals surface area contributed by atoms with Crippen LogP contribution in [0.25, 0.3) is 0 Å². The summed E-state index contributed by atoms with van der Waals surface area (Å²) in [6.45, 7) is -1.56. The van der Waals surface area contributed by atoms with Crippen molar-refractivity contribution in [2.24, 2.45) is 5.73 Å². The number of carbonyl (C=O) groups is 2. The zero-order valence-electron chi connectivity index (χ0n) is 30.3. The molecule has 1 aliphatic heterocycles. The molecule has 57 heavy (non-hydrogen) atoms. The number of aliphatic hydroxyl groups excluding tert-OH is 5. The summed E-state index contributed by atoms with van der Waals surface area (Å²) in [5, 5.41) is 58.4. The fourth-order valence-electron chi connectivity index (χ4n) is 5.69. The summed E-state index contributed by atoms with van der Waals surface area (Å²) < 4.78 is 100. The number of hydrogen-bond donors (Lipinski definition) is 7. The number of fused-ring (bicyclic) bond motifs is 1. The number of alkyl halides is 3. The van der Waals surface area contributed by atoms with Crippen LogP contribution in [-0.2, 0) is 57.8 Å². The predicted molar refractivity (Wildman–Crippen MR) is 180 cm³/mol. The number of imidazole rings is 1.